The van der Waals surface area contributed by atoms with Crippen molar-refractivity contribution in [2.45, 2.75) is 49.1 Å². The van der Waals surface area contributed by atoms with Crippen LogP contribution in [0.2, 0.25) is 0 Å². The summed E-state index contributed by atoms with van der Waals surface area (Å²) in [7, 11) is 0. The second kappa shape index (κ2) is 14.3. The number of nitrogens with zero attached hydrogens (tertiary/aromatic N) is 3. The van der Waals surface area contributed by atoms with Crippen molar-refractivity contribution in [3.8, 4) is 17.2 Å². The lowest BCUT2D eigenvalue weighted by molar-refractivity contribution is -0.132. The minimum atomic E-state index is -1.07. The molecule has 7 rings (SSSR count). The highest BCUT2D eigenvalue weighted by atomic mass is 32.2. The molecule has 0 bridgehead atoms. The minimum absolute atomic E-state index is 0.0181. The van der Waals surface area contributed by atoms with Gasteiger partial charge >= 0.3 is 5.91 Å². The molecule has 4 aromatic carbocycles. The van der Waals surface area contributed by atoms with Crippen LogP contribution in [-0.4, -0.2) is 39.7 Å². The van der Waals surface area contributed by atoms with Crippen molar-refractivity contribution in [3.05, 3.63) is 130 Å². The molecule has 2 unspecified atom stereocenters. The first-order valence-electron chi connectivity index (χ1n) is 16.0. The molecule has 50 heavy (non-hydrogen) atoms. The van der Waals surface area contributed by atoms with E-state index >= 15 is 0 Å². The Morgan fingerprint density at radius 1 is 1.00 bits per heavy atom. The van der Waals surface area contributed by atoms with Crippen LogP contribution in [0.3, 0.4) is 0 Å². The minimum Gasteiger partial charge on any atom is -0.507 e. The number of anilines is 1. The van der Waals surface area contributed by atoms with Crippen molar-refractivity contribution in [1.82, 2.24) is 10.2 Å². The third kappa shape index (κ3) is 6.68. The first-order chi connectivity index (χ1) is 24.3. The van der Waals surface area contributed by atoms with E-state index in [4.69, 9.17) is 14.2 Å². The number of amides is 1. The van der Waals surface area contributed by atoms with E-state index in [-0.39, 0.29) is 28.4 Å². The maximum absolute atomic E-state index is 14.3. The normalized spacial score (nSPS) is 17.9. The summed E-state index contributed by atoms with van der Waals surface area (Å²) >= 11 is 2.37. The average molecular weight is 710 g/mol. The zero-order valence-electron chi connectivity index (χ0n) is 27.2. The van der Waals surface area contributed by atoms with Gasteiger partial charge in [0.1, 0.15) is 30.0 Å². The van der Waals surface area contributed by atoms with Gasteiger partial charge in [-0.2, -0.15) is 0 Å². The number of fused-ring (bicyclic) bond motifs is 1. The number of thioether (sulfide) groups is 1. The Morgan fingerprint density at radius 3 is 2.60 bits per heavy atom. The van der Waals surface area contributed by atoms with E-state index in [0.717, 1.165) is 22.5 Å². The summed E-state index contributed by atoms with van der Waals surface area (Å²) in [6.07, 6.45) is 0.629. The van der Waals surface area contributed by atoms with E-state index in [2.05, 4.69) is 10.2 Å². The number of aliphatic hydroxyl groups is 1. The Labute approximate surface area is 296 Å². The topological polar surface area (TPSA) is 111 Å². The molecular weight excluding hydrogens is 678 g/mol. The van der Waals surface area contributed by atoms with E-state index in [0.29, 0.717) is 63.7 Å². The number of carbonyl (C=O) groups is 2. The van der Waals surface area contributed by atoms with Gasteiger partial charge in [0.15, 0.2) is 15.8 Å². The number of ether oxygens (including phenoxy) is 3. The number of aromatic nitrogens is 2. The standard InChI is InChI=1S/C38H32FN3O6S2/c1-3-46-31-19-24(13-16-30(31)47-20-23-9-5-4-6-10-23)33-32(34(43)25-14-15-29-27(18-25)17-22(2)48-29)35(44)36(45)42(33)37-40-41-38(50-37)49-21-26-11-7-8-12-28(26)39/h4-16,18-19,22,33,43H,3,17,20-21H2,1-2H3. The van der Waals surface area contributed by atoms with Gasteiger partial charge in [-0.05, 0) is 72.5 Å². The summed E-state index contributed by atoms with van der Waals surface area (Å²) in [6, 6.07) is 25.5. The fourth-order valence-corrected chi connectivity index (χ4v) is 7.85. The van der Waals surface area contributed by atoms with Crippen molar-refractivity contribution >= 4 is 45.7 Å². The molecule has 1 N–H and O–H groups in total. The summed E-state index contributed by atoms with van der Waals surface area (Å²) in [5, 5.41) is 20.5. The van der Waals surface area contributed by atoms with Crippen LogP contribution < -0.4 is 19.1 Å². The van der Waals surface area contributed by atoms with Gasteiger partial charge in [-0.15, -0.1) is 10.2 Å². The van der Waals surface area contributed by atoms with Crippen LogP contribution in [0.15, 0.2) is 101 Å². The van der Waals surface area contributed by atoms with Gasteiger partial charge < -0.3 is 19.3 Å². The molecule has 0 radical (unpaired) electrons. The van der Waals surface area contributed by atoms with Gasteiger partial charge in [-0.1, -0.05) is 77.7 Å². The molecule has 254 valence electrons. The second-order valence-corrected chi connectivity index (χ2v) is 13.9. The number of halogens is 1. The van der Waals surface area contributed by atoms with Gasteiger partial charge in [0, 0.05) is 17.7 Å². The lowest BCUT2D eigenvalue weighted by Gasteiger charge is -2.24. The predicted octanol–water partition coefficient (Wildman–Crippen LogP) is 7.90. The fourth-order valence-electron chi connectivity index (χ4n) is 6.00. The van der Waals surface area contributed by atoms with E-state index in [1.807, 2.05) is 44.2 Å². The SMILES string of the molecule is CCOc1cc(C2C(=C(O)c3ccc4c(c3)CC(C)O4)C(=O)C(=O)N2c2nnc(SCc3ccccc3F)s2)ccc1OCc1ccccc1. The summed E-state index contributed by atoms with van der Waals surface area (Å²) in [4.78, 5) is 29.0. The molecule has 3 heterocycles. The molecule has 2 atom stereocenters. The molecule has 5 aromatic rings. The first-order valence-corrected chi connectivity index (χ1v) is 17.8. The number of benzene rings is 4. The second-order valence-electron chi connectivity index (χ2n) is 11.8. The van der Waals surface area contributed by atoms with E-state index in [1.165, 1.54) is 22.7 Å². The highest BCUT2D eigenvalue weighted by Crippen LogP contribution is 2.46. The van der Waals surface area contributed by atoms with Crippen LogP contribution in [0.4, 0.5) is 9.52 Å². The molecule has 0 spiro atoms. The highest BCUT2D eigenvalue weighted by Gasteiger charge is 2.48. The Hall–Kier alpha value is -5.20. The lowest BCUT2D eigenvalue weighted by Crippen LogP contribution is -2.29. The maximum Gasteiger partial charge on any atom is 0.301 e. The van der Waals surface area contributed by atoms with Crippen LogP contribution in [0, 0.1) is 5.82 Å². The maximum atomic E-state index is 14.3. The summed E-state index contributed by atoms with van der Waals surface area (Å²) in [6.45, 7) is 4.44. The molecule has 0 aliphatic carbocycles. The molecule has 0 saturated carbocycles. The molecule has 9 nitrogen and oxygen atoms in total. The third-order valence-electron chi connectivity index (χ3n) is 8.35. The Kier molecular flexibility index (Phi) is 9.55. The number of Topliss-reactive ketones (excluding diaryl/α,β-unsaturated/α-hetero) is 1. The monoisotopic (exact) mass is 709 g/mol. The fraction of sp³-hybridized carbons (Fsp3) is 0.211. The molecule has 1 fully saturated rings. The summed E-state index contributed by atoms with van der Waals surface area (Å²) in [5.41, 5.74) is 3.15. The number of rotatable bonds is 11. The molecule has 2 aliphatic rings. The van der Waals surface area contributed by atoms with Crippen LogP contribution in [0.5, 0.6) is 17.2 Å². The number of hydrogen-bond donors (Lipinski definition) is 1. The summed E-state index contributed by atoms with van der Waals surface area (Å²) in [5.74, 6) is -0.474. The number of carbonyl (C=O) groups excluding carboxylic acids is 2. The van der Waals surface area contributed by atoms with Crippen LogP contribution in [0.1, 0.15) is 47.7 Å². The van der Waals surface area contributed by atoms with Crippen molar-refractivity contribution < 1.29 is 33.3 Å². The van der Waals surface area contributed by atoms with E-state index < -0.39 is 17.7 Å². The quantitative estimate of drug-likeness (QED) is 0.0481. The molecule has 1 amide bonds. The van der Waals surface area contributed by atoms with Gasteiger partial charge in [-0.25, -0.2) is 4.39 Å². The predicted molar refractivity (Wildman–Crippen MR) is 189 cm³/mol. The van der Waals surface area contributed by atoms with Gasteiger partial charge in [-0.3, -0.25) is 14.5 Å². The lowest BCUT2D eigenvalue weighted by atomic mass is 9.94. The van der Waals surface area contributed by atoms with Crippen LogP contribution in [0.25, 0.3) is 5.76 Å². The van der Waals surface area contributed by atoms with Gasteiger partial charge in [0.2, 0.25) is 5.13 Å². The zero-order valence-corrected chi connectivity index (χ0v) is 28.8. The van der Waals surface area contributed by atoms with Crippen molar-refractivity contribution in [2.24, 2.45) is 0 Å². The number of aliphatic hydroxyl groups excluding tert-OH is 1. The Morgan fingerprint density at radius 2 is 1.80 bits per heavy atom. The van der Waals surface area contributed by atoms with Gasteiger partial charge in [0.25, 0.3) is 5.78 Å². The molecule has 12 heteroatoms. The smallest absolute Gasteiger partial charge is 0.301 e. The number of ketones is 1. The zero-order chi connectivity index (χ0) is 34.8. The van der Waals surface area contributed by atoms with Crippen LogP contribution >= 0.6 is 23.1 Å². The highest BCUT2D eigenvalue weighted by molar-refractivity contribution is 8.00. The van der Waals surface area contributed by atoms with E-state index in [1.54, 1.807) is 54.6 Å². The van der Waals surface area contributed by atoms with Crippen molar-refractivity contribution in [3.63, 3.8) is 0 Å². The molecular formula is C38H32FN3O6S2. The molecule has 2 aliphatic heterocycles. The number of hydrogen-bond acceptors (Lipinski definition) is 10. The van der Waals surface area contributed by atoms with Crippen molar-refractivity contribution in [2.75, 3.05) is 11.5 Å². The van der Waals surface area contributed by atoms with Crippen LogP contribution in [-0.2, 0) is 28.4 Å². The largest absolute Gasteiger partial charge is 0.507 e. The van der Waals surface area contributed by atoms with Gasteiger partial charge in [0.05, 0.1) is 18.2 Å². The Balaban J connectivity index is 1.28. The summed E-state index contributed by atoms with van der Waals surface area (Å²) < 4.78 is 32.7. The average Bonchev–Trinajstić information content (AvgIpc) is 3.82. The first kappa shape index (κ1) is 33.3. The van der Waals surface area contributed by atoms with E-state index in [9.17, 15) is 19.1 Å². The Bertz CT molecular complexity index is 2100. The third-order valence-corrected chi connectivity index (χ3v) is 10.4. The molecule has 1 aromatic heterocycles. The van der Waals surface area contributed by atoms with Crippen molar-refractivity contribution in [1.29, 1.82) is 0 Å². The molecule has 1 saturated heterocycles.